The molecule has 4 rings (SSSR count). The first-order valence-electron chi connectivity index (χ1n) is 9.43. The average Bonchev–Trinajstić information content (AvgIpc) is 3.03. The van der Waals surface area contributed by atoms with Crippen LogP contribution < -0.4 is 5.56 Å². The van der Waals surface area contributed by atoms with Crippen LogP contribution in [-0.4, -0.2) is 20.6 Å². The van der Waals surface area contributed by atoms with Crippen LogP contribution in [0.2, 0.25) is 0 Å². The number of nitrogens with zero attached hydrogens (tertiary/aromatic N) is 2. The van der Waals surface area contributed by atoms with Gasteiger partial charge >= 0.3 is 5.97 Å². The maximum atomic E-state index is 13.3. The van der Waals surface area contributed by atoms with Crippen LogP contribution in [0, 0.1) is 0 Å². The molecule has 1 aliphatic rings. The number of rotatable bonds is 6. The summed E-state index contributed by atoms with van der Waals surface area (Å²) in [4.78, 5) is 31.3. The van der Waals surface area contributed by atoms with Crippen LogP contribution in [0.25, 0.3) is 10.2 Å². The fourth-order valence-corrected chi connectivity index (χ4v) is 5.08. The lowest BCUT2D eigenvalue weighted by molar-refractivity contribution is -0.137. The molecule has 0 saturated carbocycles. The molecule has 0 radical (unpaired) electrons. The highest BCUT2D eigenvalue weighted by atomic mass is 32.1. The molecule has 27 heavy (non-hydrogen) atoms. The van der Waals surface area contributed by atoms with Crippen LogP contribution in [-0.2, 0) is 30.6 Å². The minimum absolute atomic E-state index is 0.00396. The van der Waals surface area contributed by atoms with Gasteiger partial charge in [-0.05, 0) is 43.2 Å². The Morgan fingerprint density at radius 1 is 1.19 bits per heavy atom. The van der Waals surface area contributed by atoms with E-state index in [1.165, 1.54) is 16.9 Å². The molecule has 1 aliphatic carbocycles. The van der Waals surface area contributed by atoms with Gasteiger partial charge in [-0.2, -0.15) is 0 Å². The molecule has 2 aromatic heterocycles. The molecular formula is C21H22N2O3S. The van der Waals surface area contributed by atoms with Crippen molar-refractivity contribution in [1.29, 1.82) is 0 Å². The number of hydrogen-bond acceptors (Lipinski definition) is 4. The molecule has 0 amide bonds. The fourth-order valence-electron chi connectivity index (χ4n) is 3.81. The molecule has 2 heterocycles. The minimum Gasteiger partial charge on any atom is -0.481 e. The second kappa shape index (κ2) is 7.64. The van der Waals surface area contributed by atoms with Gasteiger partial charge in [0.05, 0.1) is 5.39 Å². The van der Waals surface area contributed by atoms with Gasteiger partial charge in [-0.1, -0.05) is 30.3 Å². The second-order valence-electron chi connectivity index (χ2n) is 7.04. The lowest BCUT2D eigenvalue weighted by Crippen LogP contribution is -2.26. The van der Waals surface area contributed by atoms with E-state index in [9.17, 15) is 9.59 Å². The van der Waals surface area contributed by atoms with Crippen LogP contribution >= 0.6 is 11.3 Å². The number of fused-ring (bicyclic) bond motifs is 3. The Hall–Kier alpha value is -2.47. The molecule has 0 fully saturated rings. The third-order valence-electron chi connectivity index (χ3n) is 5.13. The summed E-state index contributed by atoms with van der Waals surface area (Å²) in [5, 5.41) is 9.73. The van der Waals surface area contributed by atoms with Crippen molar-refractivity contribution >= 4 is 27.5 Å². The fraction of sp³-hybridized carbons (Fsp3) is 0.381. The van der Waals surface area contributed by atoms with Gasteiger partial charge in [-0.15, -0.1) is 11.3 Å². The predicted octanol–water partition coefficient (Wildman–Crippen LogP) is 3.79. The van der Waals surface area contributed by atoms with Crippen molar-refractivity contribution in [2.45, 2.75) is 51.5 Å². The van der Waals surface area contributed by atoms with Gasteiger partial charge in [-0.25, -0.2) is 4.98 Å². The molecular weight excluding hydrogens is 360 g/mol. The summed E-state index contributed by atoms with van der Waals surface area (Å²) in [5.41, 5.74) is 2.27. The first-order chi connectivity index (χ1) is 13.1. The summed E-state index contributed by atoms with van der Waals surface area (Å²) in [6.45, 7) is 0.390. The third kappa shape index (κ3) is 3.67. The molecule has 0 aliphatic heterocycles. The highest BCUT2D eigenvalue weighted by Crippen LogP contribution is 2.34. The largest absolute Gasteiger partial charge is 0.481 e. The Morgan fingerprint density at radius 3 is 2.74 bits per heavy atom. The predicted molar refractivity (Wildman–Crippen MR) is 107 cm³/mol. The molecule has 1 N–H and O–H groups in total. The van der Waals surface area contributed by atoms with Crippen molar-refractivity contribution in [3.63, 3.8) is 0 Å². The maximum absolute atomic E-state index is 13.3. The lowest BCUT2D eigenvalue weighted by Gasteiger charge is -2.14. The van der Waals surface area contributed by atoms with Crippen molar-refractivity contribution in [3.8, 4) is 0 Å². The Morgan fingerprint density at radius 2 is 1.96 bits per heavy atom. The normalized spacial score (nSPS) is 13.6. The van der Waals surface area contributed by atoms with Gasteiger partial charge in [0.2, 0.25) is 0 Å². The highest BCUT2D eigenvalue weighted by Gasteiger charge is 2.22. The Balaban J connectivity index is 1.81. The average molecular weight is 382 g/mol. The van der Waals surface area contributed by atoms with Gasteiger partial charge in [0.1, 0.15) is 10.7 Å². The number of benzene rings is 1. The summed E-state index contributed by atoms with van der Waals surface area (Å²) in [7, 11) is 0. The summed E-state index contributed by atoms with van der Waals surface area (Å²) in [6, 6.07) is 9.97. The van der Waals surface area contributed by atoms with Crippen LogP contribution in [0.5, 0.6) is 0 Å². The van der Waals surface area contributed by atoms with E-state index in [-0.39, 0.29) is 12.0 Å². The molecule has 5 nitrogen and oxygen atoms in total. The summed E-state index contributed by atoms with van der Waals surface area (Å²) in [6.07, 6.45) is 5.31. The number of aryl methyl sites for hydroxylation is 2. The first kappa shape index (κ1) is 17.9. The van der Waals surface area contributed by atoms with E-state index in [2.05, 4.69) is 0 Å². The SMILES string of the molecule is O=C(O)CCCn1c(Cc2ccccc2)nc2sc3c(c2c1=O)CCCC3. The number of aliphatic carboxylic acids is 1. The summed E-state index contributed by atoms with van der Waals surface area (Å²) < 4.78 is 1.71. The van der Waals surface area contributed by atoms with Gasteiger partial charge in [0.25, 0.3) is 5.56 Å². The van der Waals surface area contributed by atoms with Gasteiger partial charge in [0.15, 0.2) is 0 Å². The molecule has 6 heteroatoms. The van der Waals surface area contributed by atoms with E-state index in [4.69, 9.17) is 10.1 Å². The zero-order chi connectivity index (χ0) is 18.8. The zero-order valence-corrected chi connectivity index (χ0v) is 15.9. The number of carbonyl (C=O) groups is 1. The number of carboxylic acids is 1. The Labute approximate surface area is 161 Å². The molecule has 140 valence electrons. The van der Waals surface area contributed by atoms with Crippen LogP contribution in [0.4, 0.5) is 0 Å². The van der Waals surface area contributed by atoms with Crippen molar-refractivity contribution in [2.75, 3.05) is 0 Å². The van der Waals surface area contributed by atoms with E-state index >= 15 is 0 Å². The Kier molecular flexibility index (Phi) is 5.07. The number of thiophene rings is 1. The van der Waals surface area contributed by atoms with E-state index in [0.29, 0.717) is 19.4 Å². The first-order valence-corrected chi connectivity index (χ1v) is 10.2. The molecule has 0 unspecified atom stereocenters. The lowest BCUT2D eigenvalue weighted by atomic mass is 9.97. The van der Waals surface area contributed by atoms with Gasteiger partial charge in [-0.3, -0.25) is 14.2 Å². The molecule has 1 aromatic carbocycles. The number of aromatic nitrogens is 2. The van der Waals surface area contributed by atoms with Gasteiger partial charge < -0.3 is 5.11 Å². The van der Waals surface area contributed by atoms with Gasteiger partial charge in [0, 0.05) is 24.3 Å². The monoisotopic (exact) mass is 382 g/mol. The highest BCUT2D eigenvalue weighted by molar-refractivity contribution is 7.18. The van der Waals surface area contributed by atoms with E-state index in [1.54, 1.807) is 15.9 Å². The van der Waals surface area contributed by atoms with E-state index in [1.807, 2.05) is 30.3 Å². The molecule has 0 bridgehead atoms. The van der Waals surface area contributed by atoms with E-state index < -0.39 is 5.97 Å². The third-order valence-corrected chi connectivity index (χ3v) is 6.32. The van der Waals surface area contributed by atoms with Crippen molar-refractivity contribution < 1.29 is 9.90 Å². The molecule has 3 aromatic rings. The topological polar surface area (TPSA) is 72.2 Å². The molecule has 0 saturated heterocycles. The quantitative estimate of drug-likeness (QED) is 0.704. The van der Waals surface area contributed by atoms with Crippen molar-refractivity contribution in [2.24, 2.45) is 0 Å². The zero-order valence-electron chi connectivity index (χ0n) is 15.1. The summed E-state index contributed by atoms with van der Waals surface area (Å²) >= 11 is 1.66. The molecule has 0 atom stereocenters. The number of hydrogen-bond donors (Lipinski definition) is 1. The van der Waals surface area contributed by atoms with Crippen LogP contribution in [0.1, 0.15) is 47.5 Å². The second-order valence-corrected chi connectivity index (χ2v) is 8.12. The van der Waals surface area contributed by atoms with Crippen molar-refractivity contribution in [1.82, 2.24) is 9.55 Å². The number of carboxylic acid groups (broad SMARTS) is 1. The van der Waals surface area contributed by atoms with Crippen molar-refractivity contribution in [3.05, 3.63) is 62.5 Å². The minimum atomic E-state index is -0.838. The van der Waals surface area contributed by atoms with E-state index in [0.717, 1.165) is 40.9 Å². The standard InChI is InChI=1S/C21H22N2O3S/c24-18(25)11-6-12-23-17(13-14-7-2-1-3-8-14)22-20-19(21(23)26)15-9-4-5-10-16(15)27-20/h1-3,7-8H,4-6,9-13H2,(H,24,25). The summed E-state index contributed by atoms with van der Waals surface area (Å²) in [5.74, 6) is -0.114. The van der Waals surface area contributed by atoms with Crippen LogP contribution in [0.3, 0.4) is 0 Å². The Bertz CT molecular complexity index is 1040. The van der Waals surface area contributed by atoms with Crippen LogP contribution in [0.15, 0.2) is 35.1 Å². The smallest absolute Gasteiger partial charge is 0.303 e. The maximum Gasteiger partial charge on any atom is 0.303 e. The molecule has 0 spiro atoms.